The zero-order chi connectivity index (χ0) is 9.10. The van der Waals surface area contributed by atoms with E-state index in [-0.39, 0.29) is 11.8 Å². The van der Waals surface area contributed by atoms with Crippen molar-refractivity contribution in [1.82, 2.24) is 10.8 Å². The van der Waals surface area contributed by atoms with Gasteiger partial charge in [-0.05, 0) is 32.2 Å². The van der Waals surface area contributed by atoms with Crippen molar-refractivity contribution in [1.29, 1.82) is 0 Å². The Morgan fingerprint density at radius 3 is 2.92 bits per heavy atom. The number of hydrogen-bond donors (Lipinski definition) is 2. The van der Waals surface area contributed by atoms with Crippen molar-refractivity contribution in [3.05, 3.63) is 0 Å². The van der Waals surface area contributed by atoms with Gasteiger partial charge in [0.15, 0.2) is 0 Å². The van der Waals surface area contributed by atoms with Gasteiger partial charge in [-0.3, -0.25) is 9.63 Å². The maximum absolute atomic E-state index is 11.1. The lowest BCUT2D eigenvalue weighted by Crippen LogP contribution is -2.33. The molecule has 1 aliphatic carbocycles. The number of amides is 1. The molecular weight excluding hydrogens is 168 g/mol. The topological polar surface area (TPSA) is 50.4 Å². The molecule has 0 radical (unpaired) electrons. The molecule has 0 spiro atoms. The molecule has 1 heterocycles. The zero-order valence-electron chi connectivity index (χ0n) is 7.71. The van der Waals surface area contributed by atoms with E-state index in [1.807, 2.05) is 0 Å². The summed E-state index contributed by atoms with van der Waals surface area (Å²) in [5, 5.41) is 3.30. The highest BCUT2D eigenvalue weighted by Crippen LogP contribution is 2.28. The van der Waals surface area contributed by atoms with E-state index in [0.717, 1.165) is 25.8 Å². The zero-order valence-corrected chi connectivity index (χ0v) is 7.71. The van der Waals surface area contributed by atoms with Crippen LogP contribution in [0.2, 0.25) is 0 Å². The van der Waals surface area contributed by atoms with Gasteiger partial charge in [-0.2, -0.15) is 0 Å². The fourth-order valence-corrected chi connectivity index (χ4v) is 1.54. The summed E-state index contributed by atoms with van der Waals surface area (Å²) in [6, 6.07) is 0.430. The van der Waals surface area contributed by atoms with E-state index >= 15 is 0 Å². The molecule has 1 aliphatic heterocycles. The summed E-state index contributed by atoms with van der Waals surface area (Å²) >= 11 is 0. The normalized spacial score (nSPS) is 27.5. The van der Waals surface area contributed by atoms with E-state index in [2.05, 4.69) is 10.8 Å². The molecule has 2 fully saturated rings. The molecule has 0 aromatic carbocycles. The summed E-state index contributed by atoms with van der Waals surface area (Å²) in [7, 11) is 0. The molecule has 0 aromatic rings. The third-order valence-corrected chi connectivity index (χ3v) is 2.57. The molecule has 74 valence electrons. The quantitative estimate of drug-likeness (QED) is 0.613. The first-order chi connectivity index (χ1) is 6.36. The summed E-state index contributed by atoms with van der Waals surface area (Å²) < 4.78 is 0. The Hall–Kier alpha value is -0.610. The molecule has 0 bridgehead atoms. The van der Waals surface area contributed by atoms with Gasteiger partial charge in [0, 0.05) is 12.0 Å². The first kappa shape index (κ1) is 8.97. The van der Waals surface area contributed by atoms with E-state index < -0.39 is 0 Å². The molecule has 1 unspecified atom stereocenters. The van der Waals surface area contributed by atoms with Crippen LogP contribution in [-0.2, 0) is 9.63 Å². The molecule has 2 rings (SSSR count). The predicted octanol–water partition coefficient (Wildman–Crippen LogP) is 0.196. The van der Waals surface area contributed by atoms with Gasteiger partial charge in [-0.15, -0.1) is 0 Å². The van der Waals surface area contributed by atoms with Crippen LogP contribution >= 0.6 is 0 Å². The number of carbonyl (C=O) groups excluding carboxylic acids is 1. The summed E-state index contributed by atoms with van der Waals surface area (Å²) in [5.41, 5.74) is 2.49. The predicted molar refractivity (Wildman–Crippen MR) is 47.8 cm³/mol. The largest absolute Gasteiger partial charge is 0.312 e. The van der Waals surface area contributed by atoms with Crippen LogP contribution < -0.4 is 10.8 Å². The highest BCUT2D eigenvalue weighted by atomic mass is 16.7. The highest BCUT2D eigenvalue weighted by Gasteiger charge is 2.29. The number of hydroxylamine groups is 1. The third-order valence-electron chi connectivity index (χ3n) is 2.57. The van der Waals surface area contributed by atoms with Crippen LogP contribution in [-0.4, -0.2) is 25.1 Å². The maximum Gasteiger partial charge on any atom is 0.246 e. The van der Waals surface area contributed by atoms with Crippen molar-refractivity contribution in [2.75, 3.05) is 13.2 Å². The average Bonchev–Trinajstić information content (AvgIpc) is 2.86. The van der Waals surface area contributed by atoms with Crippen molar-refractivity contribution >= 4 is 5.91 Å². The molecule has 2 N–H and O–H groups in total. The van der Waals surface area contributed by atoms with Crippen LogP contribution in [0.5, 0.6) is 0 Å². The summed E-state index contributed by atoms with van der Waals surface area (Å²) in [5.74, 6) is 0.287. The van der Waals surface area contributed by atoms with E-state index in [1.54, 1.807) is 0 Å². The van der Waals surface area contributed by atoms with Crippen LogP contribution in [0.25, 0.3) is 0 Å². The van der Waals surface area contributed by atoms with Gasteiger partial charge >= 0.3 is 0 Å². The fourth-order valence-electron chi connectivity index (χ4n) is 1.54. The van der Waals surface area contributed by atoms with Crippen molar-refractivity contribution in [3.63, 3.8) is 0 Å². The molecule has 1 saturated carbocycles. The van der Waals surface area contributed by atoms with Gasteiger partial charge in [-0.25, -0.2) is 5.48 Å². The number of nitrogens with one attached hydrogen (secondary N) is 2. The maximum atomic E-state index is 11.1. The average molecular weight is 184 g/mol. The smallest absolute Gasteiger partial charge is 0.246 e. The van der Waals surface area contributed by atoms with Crippen molar-refractivity contribution in [2.45, 2.75) is 31.7 Å². The van der Waals surface area contributed by atoms with Gasteiger partial charge in [0.1, 0.15) is 0 Å². The summed E-state index contributed by atoms with van der Waals surface area (Å²) in [6.45, 7) is 1.67. The molecule has 4 nitrogen and oxygen atoms in total. The SMILES string of the molecule is O=C(NOCC1CCCN1)C1CC1. The molecule has 1 saturated heterocycles. The first-order valence-electron chi connectivity index (χ1n) is 5.01. The van der Waals surface area contributed by atoms with Crippen LogP contribution in [0.3, 0.4) is 0 Å². The number of hydrogen-bond acceptors (Lipinski definition) is 3. The molecular formula is C9H16N2O2. The molecule has 1 amide bonds. The Kier molecular flexibility index (Phi) is 2.80. The van der Waals surface area contributed by atoms with Crippen molar-refractivity contribution in [2.24, 2.45) is 5.92 Å². The number of rotatable bonds is 4. The lowest BCUT2D eigenvalue weighted by Gasteiger charge is -2.10. The van der Waals surface area contributed by atoms with Gasteiger partial charge < -0.3 is 5.32 Å². The van der Waals surface area contributed by atoms with E-state index in [4.69, 9.17) is 4.84 Å². The minimum Gasteiger partial charge on any atom is -0.312 e. The van der Waals surface area contributed by atoms with Gasteiger partial charge in [0.25, 0.3) is 0 Å². The Labute approximate surface area is 78.0 Å². The second kappa shape index (κ2) is 4.07. The third kappa shape index (κ3) is 2.67. The molecule has 13 heavy (non-hydrogen) atoms. The van der Waals surface area contributed by atoms with Crippen LogP contribution in [0.1, 0.15) is 25.7 Å². The minimum atomic E-state index is 0.0537. The minimum absolute atomic E-state index is 0.0537. The Balaban J connectivity index is 1.54. The van der Waals surface area contributed by atoms with Crippen LogP contribution in [0, 0.1) is 5.92 Å². The molecule has 0 aromatic heterocycles. The summed E-state index contributed by atoms with van der Waals surface area (Å²) in [4.78, 5) is 16.2. The van der Waals surface area contributed by atoms with E-state index in [0.29, 0.717) is 12.6 Å². The van der Waals surface area contributed by atoms with Gasteiger partial charge in [0.05, 0.1) is 6.61 Å². The Morgan fingerprint density at radius 2 is 2.31 bits per heavy atom. The lowest BCUT2D eigenvalue weighted by atomic mass is 10.2. The Morgan fingerprint density at radius 1 is 1.46 bits per heavy atom. The van der Waals surface area contributed by atoms with E-state index in [1.165, 1.54) is 6.42 Å². The molecule has 2 aliphatic rings. The van der Waals surface area contributed by atoms with Crippen LogP contribution in [0.15, 0.2) is 0 Å². The van der Waals surface area contributed by atoms with E-state index in [9.17, 15) is 4.79 Å². The van der Waals surface area contributed by atoms with Crippen molar-refractivity contribution in [3.8, 4) is 0 Å². The van der Waals surface area contributed by atoms with Crippen LogP contribution in [0.4, 0.5) is 0 Å². The second-order valence-electron chi connectivity index (χ2n) is 3.84. The van der Waals surface area contributed by atoms with Gasteiger partial charge in [0.2, 0.25) is 5.91 Å². The highest BCUT2D eigenvalue weighted by molar-refractivity contribution is 5.79. The summed E-state index contributed by atoms with van der Waals surface area (Å²) in [6.07, 6.45) is 4.41. The fraction of sp³-hybridized carbons (Fsp3) is 0.889. The molecule has 4 heteroatoms. The first-order valence-corrected chi connectivity index (χ1v) is 5.01. The van der Waals surface area contributed by atoms with Gasteiger partial charge in [-0.1, -0.05) is 0 Å². The standard InChI is InChI=1S/C9H16N2O2/c12-9(7-3-4-7)11-13-6-8-2-1-5-10-8/h7-8,10H,1-6H2,(H,11,12). The molecule has 1 atom stereocenters. The lowest BCUT2D eigenvalue weighted by molar-refractivity contribution is -0.135. The van der Waals surface area contributed by atoms with Crippen molar-refractivity contribution < 1.29 is 9.63 Å². The second-order valence-corrected chi connectivity index (χ2v) is 3.84. The Bertz CT molecular complexity index is 186. The number of carbonyl (C=O) groups is 1. The monoisotopic (exact) mass is 184 g/mol.